The zero-order valence-corrected chi connectivity index (χ0v) is 12.9. The minimum atomic E-state index is 0.187. The van der Waals surface area contributed by atoms with E-state index in [1.165, 1.54) is 5.69 Å². The fourth-order valence-corrected chi connectivity index (χ4v) is 2.86. The van der Waals surface area contributed by atoms with E-state index in [-0.39, 0.29) is 6.04 Å². The van der Waals surface area contributed by atoms with Crippen LogP contribution in [0.1, 0.15) is 29.9 Å². The van der Waals surface area contributed by atoms with Gasteiger partial charge in [-0.05, 0) is 37.6 Å². The summed E-state index contributed by atoms with van der Waals surface area (Å²) in [6.07, 6.45) is 2.05. The number of halogens is 1. The average molecular weight is 300 g/mol. The van der Waals surface area contributed by atoms with Gasteiger partial charge in [-0.2, -0.15) is 0 Å². The molecule has 3 nitrogen and oxygen atoms in total. The molecule has 0 aliphatic rings. The second-order valence-electron chi connectivity index (χ2n) is 5.20. The van der Waals surface area contributed by atoms with Crippen molar-refractivity contribution in [1.29, 1.82) is 0 Å². The number of rotatable bonds is 4. The van der Waals surface area contributed by atoms with Gasteiger partial charge in [0.25, 0.3) is 0 Å². The summed E-state index contributed by atoms with van der Waals surface area (Å²) in [6.45, 7) is 4.92. The topological polar surface area (TPSA) is 29.3 Å². The van der Waals surface area contributed by atoms with Gasteiger partial charge in [0.1, 0.15) is 5.65 Å². The molecular formula is C17H18ClN3. The van der Waals surface area contributed by atoms with Gasteiger partial charge in [-0.15, -0.1) is 0 Å². The van der Waals surface area contributed by atoms with Crippen LogP contribution in [0.3, 0.4) is 0 Å². The third-order valence-corrected chi connectivity index (χ3v) is 4.12. The molecule has 21 heavy (non-hydrogen) atoms. The lowest BCUT2D eigenvalue weighted by molar-refractivity contribution is 0.564. The van der Waals surface area contributed by atoms with Gasteiger partial charge in [0, 0.05) is 23.8 Å². The molecule has 0 bridgehead atoms. The van der Waals surface area contributed by atoms with Crippen molar-refractivity contribution in [3.63, 3.8) is 0 Å². The van der Waals surface area contributed by atoms with Gasteiger partial charge in [0.15, 0.2) is 0 Å². The van der Waals surface area contributed by atoms with Crippen molar-refractivity contribution in [2.75, 3.05) is 0 Å². The highest BCUT2D eigenvalue weighted by molar-refractivity contribution is 6.31. The fourth-order valence-electron chi connectivity index (χ4n) is 2.56. The number of nitrogens with one attached hydrogen (secondary N) is 1. The van der Waals surface area contributed by atoms with Crippen molar-refractivity contribution in [2.24, 2.45) is 0 Å². The molecule has 1 atom stereocenters. The summed E-state index contributed by atoms with van der Waals surface area (Å²) in [7, 11) is 0. The SMILES string of the molecule is Cc1nc2ccccn2c1CN[C@@H](C)c1ccccc1Cl. The number of imidazole rings is 1. The van der Waals surface area contributed by atoms with Crippen molar-refractivity contribution >= 4 is 17.2 Å². The Morgan fingerprint density at radius 1 is 1.19 bits per heavy atom. The zero-order valence-electron chi connectivity index (χ0n) is 12.2. The molecule has 1 aromatic carbocycles. The van der Waals surface area contributed by atoms with E-state index >= 15 is 0 Å². The maximum Gasteiger partial charge on any atom is 0.137 e. The van der Waals surface area contributed by atoms with Crippen LogP contribution in [-0.4, -0.2) is 9.38 Å². The van der Waals surface area contributed by atoms with Crippen LogP contribution in [0.5, 0.6) is 0 Å². The van der Waals surface area contributed by atoms with Crippen molar-refractivity contribution in [3.8, 4) is 0 Å². The highest BCUT2D eigenvalue weighted by atomic mass is 35.5. The first-order valence-corrected chi connectivity index (χ1v) is 7.45. The Hall–Kier alpha value is -1.84. The summed E-state index contributed by atoms with van der Waals surface area (Å²) >= 11 is 6.25. The minimum absolute atomic E-state index is 0.187. The van der Waals surface area contributed by atoms with E-state index < -0.39 is 0 Å². The summed E-state index contributed by atoms with van der Waals surface area (Å²) in [5.74, 6) is 0. The van der Waals surface area contributed by atoms with E-state index in [1.807, 2.05) is 49.5 Å². The van der Waals surface area contributed by atoms with Crippen LogP contribution in [-0.2, 0) is 6.54 Å². The summed E-state index contributed by atoms with van der Waals surface area (Å²) in [4.78, 5) is 4.58. The summed E-state index contributed by atoms with van der Waals surface area (Å²) < 4.78 is 2.13. The second-order valence-corrected chi connectivity index (χ2v) is 5.60. The van der Waals surface area contributed by atoms with Gasteiger partial charge in [0.05, 0.1) is 11.4 Å². The number of hydrogen-bond donors (Lipinski definition) is 1. The number of hydrogen-bond acceptors (Lipinski definition) is 2. The number of benzene rings is 1. The molecule has 3 rings (SSSR count). The molecule has 0 spiro atoms. The van der Waals surface area contributed by atoms with Crippen LogP contribution in [0.25, 0.3) is 5.65 Å². The summed E-state index contributed by atoms with van der Waals surface area (Å²) in [5, 5.41) is 4.33. The Labute approximate surface area is 129 Å². The van der Waals surface area contributed by atoms with Crippen LogP contribution in [0.2, 0.25) is 5.02 Å². The second kappa shape index (κ2) is 5.88. The number of nitrogens with zero attached hydrogens (tertiary/aromatic N) is 2. The van der Waals surface area contributed by atoms with E-state index in [2.05, 4.69) is 27.7 Å². The van der Waals surface area contributed by atoms with E-state index in [1.54, 1.807) is 0 Å². The van der Waals surface area contributed by atoms with Gasteiger partial charge in [-0.3, -0.25) is 0 Å². The molecule has 0 radical (unpaired) electrons. The van der Waals surface area contributed by atoms with E-state index in [4.69, 9.17) is 11.6 Å². The maximum absolute atomic E-state index is 6.25. The predicted octanol–water partition coefficient (Wildman–Crippen LogP) is 4.15. The molecule has 1 N–H and O–H groups in total. The summed E-state index contributed by atoms with van der Waals surface area (Å²) in [5.41, 5.74) is 4.34. The molecule has 0 saturated heterocycles. The Kier molecular flexibility index (Phi) is 3.95. The molecule has 0 aliphatic heterocycles. The zero-order chi connectivity index (χ0) is 14.8. The van der Waals surface area contributed by atoms with Gasteiger partial charge >= 0.3 is 0 Å². The quantitative estimate of drug-likeness (QED) is 0.784. The number of aryl methyl sites for hydroxylation is 1. The van der Waals surface area contributed by atoms with Crippen LogP contribution in [0.15, 0.2) is 48.7 Å². The molecule has 0 fully saturated rings. The molecule has 3 aromatic rings. The first-order chi connectivity index (χ1) is 10.2. The Morgan fingerprint density at radius 2 is 1.95 bits per heavy atom. The number of aromatic nitrogens is 2. The van der Waals surface area contributed by atoms with Crippen LogP contribution >= 0.6 is 11.6 Å². The van der Waals surface area contributed by atoms with Gasteiger partial charge in [0.2, 0.25) is 0 Å². The lowest BCUT2D eigenvalue weighted by atomic mass is 10.1. The molecule has 0 amide bonds. The first-order valence-electron chi connectivity index (χ1n) is 7.07. The number of fused-ring (bicyclic) bond motifs is 1. The number of pyridine rings is 1. The highest BCUT2D eigenvalue weighted by Crippen LogP contribution is 2.22. The molecule has 2 aromatic heterocycles. The smallest absolute Gasteiger partial charge is 0.137 e. The molecule has 0 saturated carbocycles. The molecule has 4 heteroatoms. The third kappa shape index (κ3) is 2.80. The maximum atomic E-state index is 6.25. The van der Waals surface area contributed by atoms with Crippen LogP contribution < -0.4 is 5.32 Å². The Morgan fingerprint density at radius 3 is 2.76 bits per heavy atom. The minimum Gasteiger partial charge on any atom is -0.305 e. The third-order valence-electron chi connectivity index (χ3n) is 3.78. The van der Waals surface area contributed by atoms with E-state index in [0.29, 0.717) is 0 Å². The monoisotopic (exact) mass is 299 g/mol. The van der Waals surface area contributed by atoms with E-state index in [0.717, 1.165) is 28.5 Å². The van der Waals surface area contributed by atoms with Crippen molar-refractivity contribution in [3.05, 3.63) is 70.6 Å². The standard InChI is InChI=1S/C17H18ClN3/c1-12(14-7-3-4-8-15(14)18)19-11-16-13(2)20-17-9-5-6-10-21(16)17/h3-10,12,19H,11H2,1-2H3/t12-/m0/s1. The van der Waals surface area contributed by atoms with Crippen molar-refractivity contribution in [2.45, 2.75) is 26.4 Å². The van der Waals surface area contributed by atoms with Crippen LogP contribution in [0, 0.1) is 6.92 Å². The van der Waals surface area contributed by atoms with Gasteiger partial charge in [-0.1, -0.05) is 35.9 Å². The van der Waals surface area contributed by atoms with Gasteiger partial charge < -0.3 is 9.72 Å². The fraction of sp³-hybridized carbons (Fsp3) is 0.235. The van der Waals surface area contributed by atoms with Crippen molar-refractivity contribution < 1.29 is 0 Å². The highest BCUT2D eigenvalue weighted by Gasteiger charge is 2.12. The first kappa shape index (κ1) is 14.1. The molecule has 2 heterocycles. The summed E-state index contributed by atoms with van der Waals surface area (Å²) in [6, 6.07) is 14.2. The lowest BCUT2D eigenvalue weighted by Crippen LogP contribution is -2.19. The van der Waals surface area contributed by atoms with Gasteiger partial charge in [-0.25, -0.2) is 4.98 Å². The normalized spacial score (nSPS) is 12.7. The Bertz CT molecular complexity index is 764. The Balaban J connectivity index is 1.81. The lowest BCUT2D eigenvalue weighted by Gasteiger charge is -2.16. The largest absolute Gasteiger partial charge is 0.305 e. The molecule has 0 unspecified atom stereocenters. The molecule has 0 aliphatic carbocycles. The molecule has 108 valence electrons. The average Bonchev–Trinajstić information content (AvgIpc) is 2.81. The van der Waals surface area contributed by atoms with E-state index in [9.17, 15) is 0 Å². The van der Waals surface area contributed by atoms with Crippen molar-refractivity contribution in [1.82, 2.24) is 14.7 Å². The van der Waals surface area contributed by atoms with Crippen LogP contribution in [0.4, 0.5) is 0 Å². The molecular weight excluding hydrogens is 282 g/mol. The predicted molar refractivity (Wildman–Crippen MR) is 86.6 cm³/mol.